The van der Waals surface area contributed by atoms with Crippen LogP contribution in [0.2, 0.25) is 0 Å². The number of fused-ring (bicyclic) bond motifs is 1. The van der Waals surface area contributed by atoms with Crippen molar-refractivity contribution < 1.29 is 4.79 Å². The molecule has 3 nitrogen and oxygen atoms in total. The molecule has 3 heteroatoms. The first-order chi connectivity index (χ1) is 12.2. The van der Waals surface area contributed by atoms with Gasteiger partial charge < -0.3 is 10.2 Å². The zero-order chi connectivity index (χ0) is 17.2. The molecule has 124 valence electrons. The van der Waals surface area contributed by atoms with Crippen LogP contribution in [0.3, 0.4) is 0 Å². The van der Waals surface area contributed by atoms with Crippen molar-refractivity contribution in [2.24, 2.45) is 0 Å². The number of carbonyl (C=O) groups is 1. The lowest BCUT2D eigenvalue weighted by molar-refractivity contribution is 0.0666. The molecule has 25 heavy (non-hydrogen) atoms. The molecule has 1 aliphatic rings. The summed E-state index contributed by atoms with van der Waals surface area (Å²) in [6.07, 6.45) is -0.177. The number of aryl methyl sites for hydroxylation is 1. The summed E-state index contributed by atoms with van der Waals surface area (Å²) in [6, 6.07) is 26.1. The van der Waals surface area contributed by atoms with Crippen molar-refractivity contribution in [2.75, 3.05) is 5.32 Å². The van der Waals surface area contributed by atoms with Crippen LogP contribution in [-0.2, 0) is 6.54 Å². The normalized spacial score (nSPS) is 16.3. The number of hydrogen-bond acceptors (Lipinski definition) is 2. The largest absolute Gasteiger partial charge is 0.361 e. The van der Waals surface area contributed by atoms with Crippen molar-refractivity contribution in [3.8, 4) is 0 Å². The molecule has 1 aliphatic heterocycles. The molecule has 1 amide bonds. The first-order valence-electron chi connectivity index (χ1n) is 8.50. The number of hydrogen-bond donors (Lipinski definition) is 1. The van der Waals surface area contributed by atoms with Gasteiger partial charge in [-0.15, -0.1) is 0 Å². The van der Waals surface area contributed by atoms with Gasteiger partial charge >= 0.3 is 0 Å². The molecule has 0 bridgehead atoms. The van der Waals surface area contributed by atoms with Crippen LogP contribution in [0.1, 0.15) is 33.2 Å². The third-order valence-electron chi connectivity index (χ3n) is 4.70. The summed E-state index contributed by atoms with van der Waals surface area (Å²) in [5.41, 5.74) is 5.04. The summed E-state index contributed by atoms with van der Waals surface area (Å²) < 4.78 is 0. The molecule has 0 fully saturated rings. The summed E-state index contributed by atoms with van der Waals surface area (Å²) in [5, 5.41) is 3.56. The van der Waals surface area contributed by atoms with Crippen LogP contribution in [-0.4, -0.2) is 10.8 Å². The van der Waals surface area contributed by atoms with Crippen molar-refractivity contribution in [3.05, 3.63) is 101 Å². The van der Waals surface area contributed by atoms with Crippen LogP contribution in [0.4, 0.5) is 5.69 Å². The highest BCUT2D eigenvalue weighted by Gasteiger charge is 2.33. The van der Waals surface area contributed by atoms with Gasteiger partial charge in [-0.2, -0.15) is 0 Å². The first kappa shape index (κ1) is 15.5. The van der Waals surface area contributed by atoms with Gasteiger partial charge in [-0.3, -0.25) is 4.79 Å². The van der Waals surface area contributed by atoms with E-state index < -0.39 is 0 Å². The fourth-order valence-electron chi connectivity index (χ4n) is 3.38. The molecule has 1 N–H and O–H groups in total. The molecule has 1 unspecified atom stereocenters. The fourth-order valence-corrected chi connectivity index (χ4v) is 3.38. The monoisotopic (exact) mass is 328 g/mol. The molecule has 0 aliphatic carbocycles. The lowest BCUT2D eigenvalue weighted by Gasteiger charge is -2.39. The number of para-hydroxylation sites is 1. The number of nitrogens with one attached hydrogen (secondary N) is 1. The number of anilines is 1. The Morgan fingerprint density at radius 2 is 1.56 bits per heavy atom. The molecular weight excluding hydrogens is 308 g/mol. The van der Waals surface area contributed by atoms with Gasteiger partial charge in [0, 0.05) is 12.2 Å². The highest BCUT2D eigenvalue weighted by atomic mass is 16.2. The molecule has 0 spiro atoms. The molecular formula is C22H20N2O. The van der Waals surface area contributed by atoms with Crippen molar-refractivity contribution in [1.29, 1.82) is 0 Å². The summed E-state index contributed by atoms with van der Waals surface area (Å²) in [4.78, 5) is 15.1. The second kappa shape index (κ2) is 6.44. The topological polar surface area (TPSA) is 32.3 Å². The Bertz CT molecular complexity index is 905. The Morgan fingerprint density at radius 3 is 2.36 bits per heavy atom. The highest BCUT2D eigenvalue weighted by molar-refractivity contribution is 6.01. The Kier molecular flexibility index (Phi) is 3.98. The zero-order valence-electron chi connectivity index (χ0n) is 14.1. The number of benzene rings is 3. The van der Waals surface area contributed by atoms with E-state index in [4.69, 9.17) is 0 Å². The predicted molar refractivity (Wildman–Crippen MR) is 100 cm³/mol. The summed E-state index contributed by atoms with van der Waals surface area (Å²) in [6.45, 7) is 2.66. The molecule has 0 saturated heterocycles. The van der Waals surface area contributed by atoms with Crippen LogP contribution in [0.25, 0.3) is 0 Å². The van der Waals surface area contributed by atoms with E-state index in [2.05, 4.69) is 36.5 Å². The highest BCUT2D eigenvalue weighted by Crippen LogP contribution is 2.35. The van der Waals surface area contributed by atoms with E-state index in [1.165, 1.54) is 5.56 Å². The molecule has 0 radical (unpaired) electrons. The van der Waals surface area contributed by atoms with Crippen molar-refractivity contribution in [2.45, 2.75) is 19.6 Å². The van der Waals surface area contributed by atoms with Gasteiger partial charge in [0.2, 0.25) is 0 Å². The first-order valence-corrected chi connectivity index (χ1v) is 8.50. The minimum Gasteiger partial charge on any atom is -0.361 e. The smallest absolute Gasteiger partial charge is 0.258 e. The summed E-state index contributed by atoms with van der Waals surface area (Å²) >= 11 is 0. The standard InChI is InChI=1S/C22H20N2O/c1-16-9-5-6-12-18(16)21-23-20-14-8-7-13-19(20)22(25)24(21)15-17-10-3-2-4-11-17/h2-14,21,23H,15H2,1H3. The van der Waals surface area contributed by atoms with Gasteiger partial charge in [-0.25, -0.2) is 0 Å². The SMILES string of the molecule is Cc1ccccc1C1Nc2ccccc2C(=O)N1Cc1ccccc1. The van der Waals surface area contributed by atoms with Gasteiger partial charge in [0.25, 0.3) is 5.91 Å². The lowest BCUT2D eigenvalue weighted by atomic mass is 9.99. The van der Waals surface area contributed by atoms with Crippen molar-refractivity contribution in [1.82, 2.24) is 4.90 Å². The van der Waals surface area contributed by atoms with E-state index in [1.54, 1.807) is 0 Å². The molecule has 1 heterocycles. The maximum atomic E-state index is 13.2. The van der Waals surface area contributed by atoms with Crippen LogP contribution in [0.15, 0.2) is 78.9 Å². The average molecular weight is 328 g/mol. The van der Waals surface area contributed by atoms with E-state index in [1.807, 2.05) is 59.5 Å². The second-order valence-corrected chi connectivity index (χ2v) is 6.37. The molecule has 4 rings (SSSR count). The Hall–Kier alpha value is -3.07. The van der Waals surface area contributed by atoms with Crippen LogP contribution in [0, 0.1) is 6.92 Å². The van der Waals surface area contributed by atoms with Crippen LogP contribution in [0.5, 0.6) is 0 Å². The molecule has 1 atom stereocenters. The van der Waals surface area contributed by atoms with Crippen LogP contribution >= 0.6 is 0 Å². The molecule has 3 aromatic carbocycles. The maximum absolute atomic E-state index is 13.2. The second-order valence-electron chi connectivity index (χ2n) is 6.37. The van der Waals surface area contributed by atoms with Crippen molar-refractivity contribution >= 4 is 11.6 Å². The predicted octanol–water partition coefficient (Wildman–Crippen LogP) is 4.76. The molecule has 0 saturated carbocycles. The fraction of sp³-hybridized carbons (Fsp3) is 0.136. The number of rotatable bonds is 3. The minimum absolute atomic E-state index is 0.0615. The molecule has 3 aromatic rings. The van der Waals surface area contributed by atoms with E-state index in [9.17, 15) is 4.79 Å². The van der Waals surface area contributed by atoms with Crippen molar-refractivity contribution in [3.63, 3.8) is 0 Å². The average Bonchev–Trinajstić information content (AvgIpc) is 2.65. The number of carbonyl (C=O) groups excluding carboxylic acids is 1. The Labute approximate surface area is 147 Å². The zero-order valence-corrected chi connectivity index (χ0v) is 14.1. The van der Waals surface area contributed by atoms with Gasteiger partial charge in [-0.05, 0) is 35.7 Å². The van der Waals surface area contributed by atoms with E-state index >= 15 is 0 Å². The van der Waals surface area contributed by atoms with Gasteiger partial charge in [0.05, 0.1) is 5.56 Å². The van der Waals surface area contributed by atoms with Gasteiger partial charge in [0.15, 0.2) is 0 Å². The van der Waals surface area contributed by atoms with Gasteiger partial charge in [-0.1, -0.05) is 66.7 Å². The van der Waals surface area contributed by atoms with E-state index in [0.29, 0.717) is 6.54 Å². The van der Waals surface area contributed by atoms with E-state index in [-0.39, 0.29) is 12.1 Å². The number of nitrogens with zero attached hydrogens (tertiary/aromatic N) is 1. The third-order valence-corrected chi connectivity index (χ3v) is 4.70. The maximum Gasteiger partial charge on any atom is 0.258 e. The lowest BCUT2D eigenvalue weighted by Crippen LogP contribution is -2.42. The molecule has 0 aromatic heterocycles. The van der Waals surface area contributed by atoms with Crippen LogP contribution < -0.4 is 5.32 Å². The minimum atomic E-state index is -0.177. The number of amides is 1. The summed E-state index contributed by atoms with van der Waals surface area (Å²) in [5.74, 6) is 0.0615. The van der Waals surface area contributed by atoms with Gasteiger partial charge in [0.1, 0.15) is 6.17 Å². The third kappa shape index (κ3) is 2.89. The summed E-state index contributed by atoms with van der Waals surface area (Å²) in [7, 11) is 0. The Morgan fingerprint density at radius 1 is 0.880 bits per heavy atom. The Balaban J connectivity index is 1.79. The quantitative estimate of drug-likeness (QED) is 0.751. The van der Waals surface area contributed by atoms with E-state index in [0.717, 1.165) is 22.4 Å².